The molecule has 9 nitrogen and oxygen atoms in total. The Morgan fingerprint density at radius 1 is 1.21 bits per heavy atom. The Morgan fingerprint density at radius 2 is 1.96 bits per heavy atom. The molecule has 1 aliphatic heterocycles. The van der Waals surface area contributed by atoms with Gasteiger partial charge in [-0.05, 0) is 39.7 Å². The fourth-order valence-electron chi connectivity index (χ4n) is 3.48. The van der Waals surface area contributed by atoms with Crippen molar-refractivity contribution >= 4 is 28.8 Å². The Hall–Kier alpha value is -3.10. The van der Waals surface area contributed by atoms with Crippen LogP contribution in [-0.2, 0) is 4.74 Å². The molecule has 0 bridgehead atoms. The summed E-state index contributed by atoms with van der Waals surface area (Å²) in [5.41, 5.74) is 2.15. The van der Waals surface area contributed by atoms with Crippen molar-refractivity contribution in [3.8, 4) is 0 Å². The number of aromatic nitrogens is 4. The van der Waals surface area contributed by atoms with E-state index in [0.717, 1.165) is 5.52 Å². The fraction of sp³-hybridized carbons (Fsp3) is 0.474. The number of hydrogen-bond donors (Lipinski definition) is 2. The number of imidazole rings is 1. The molecular weight excluding hydrogens is 360 g/mol. The Kier molecular flexibility index (Phi) is 4.44. The van der Waals surface area contributed by atoms with Gasteiger partial charge >= 0.3 is 6.09 Å². The lowest BCUT2D eigenvalue weighted by molar-refractivity contribution is 0.0473. The van der Waals surface area contributed by atoms with Gasteiger partial charge in [-0.1, -0.05) is 0 Å². The molecule has 4 rings (SSSR count). The third-order valence-electron chi connectivity index (χ3n) is 4.77. The molecular formula is C19H24N6O3. The summed E-state index contributed by atoms with van der Waals surface area (Å²) in [7, 11) is 0. The summed E-state index contributed by atoms with van der Waals surface area (Å²) >= 11 is 0. The van der Waals surface area contributed by atoms with Crippen molar-refractivity contribution in [2.45, 2.75) is 45.3 Å². The largest absolute Gasteiger partial charge is 0.444 e. The van der Waals surface area contributed by atoms with Crippen LogP contribution < -0.4 is 5.32 Å². The zero-order chi connectivity index (χ0) is 19.9. The molecule has 0 saturated carbocycles. The lowest BCUT2D eigenvalue weighted by Gasteiger charge is -2.32. The number of carbonyl (C=O) groups excluding carboxylic acids is 2. The molecule has 1 aliphatic rings. The van der Waals surface area contributed by atoms with Crippen LogP contribution in [0.3, 0.4) is 0 Å². The maximum Gasteiger partial charge on any atom is 0.407 e. The van der Waals surface area contributed by atoms with E-state index >= 15 is 0 Å². The van der Waals surface area contributed by atoms with Crippen molar-refractivity contribution in [3.63, 3.8) is 0 Å². The molecule has 2 amide bonds. The van der Waals surface area contributed by atoms with Gasteiger partial charge in [-0.2, -0.15) is 0 Å². The van der Waals surface area contributed by atoms with Crippen LogP contribution in [0.25, 0.3) is 16.8 Å². The summed E-state index contributed by atoms with van der Waals surface area (Å²) in [6.07, 6.45) is 5.98. The van der Waals surface area contributed by atoms with Crippen LogP contribution >= 0.6 is 0 Å². The van der Waals surface area contributed by atoms with E-state index in [1.54, 1.807) is 23.5 Å². The summed E-state index contributed by atoms with van der Waals surface area (Å²) in [5, 5.41) is 2.89. The summed E-state index contributed by atoms with van der Waals surface area (Å²) < 4.78 is 7.13. The molecule has 1 saturated heterocycles. The SMILES string of the molecule is CC(C)(C)OC(=O)NC1CCN(C(=O)c2cnc3cnc4[nH]ccc4n23)CC1. The maximum atomic E-state index is 13.1. The Labute approximate surface area is 162 Å². The Balaban J connectivity index is 1.44. The molecule has 148 valence electrons. The van der Waals surface area contributed by atoms with Gasteiger partial charge in [0.1, 0.15) is 11.3 Å². The predicted octanol–water partition coefficient (Wildman–Crippen LogP) is 2.34. The van der Waals surface area contributed by atoms with Crippen LogP contribution in [0.5, 0.6) is 0 Å². The number of ether oxygens (including phenoxy) is 1. The molecule has 3 aromatic heterocycles. The van der Waals surface area contributed by atoms with Crippen molar-refractivity contribution in [1.29, 1.82) is 0 Å². The Morgan fingerprint density at radius 3 is 2.68 bits per heavy atom. The van der Waals surface area contributed by atoms with Gasteiger partial charge in [0.15, 0.2) is 11.3 Å². The second-order valence-electron chi connectivity index (χ2n) is 8.02. The van der Waals surface area contributed by atoms with Gasteiger partial charge in [-0.15, -0.1) is 0 Å². The number of hydrogen-bond acceptors (Lipinski definition) is 5. The van der Waals surface area contributed by atoms with Crippen LogP contribution in [0, 0.1) is 0 Å². The van der Waals surface area contributed by atoms with Crippen molar-refractivity contribution < 1.29 is 14.3 Å². The molecule has 4 heterocycles. The molecule has 0 radical (unpaired) electrons. The number of likely N-dealkylation sites (tertiary alicyclic amines) is 1. The van der Waals surface area contributed by atoms with E-state index in [1.807, 2.05) is 31.2 Å². The molecule has 28 heavy (non-hydrogen) atoms. The highest BCUT2D eigenvalue weighted by Crippen LogP contribution is 2.19. The van der Waals surface area contributed by atoms with Gasteiger partial charge < -0.3 is 19.9 Å². The first kappa shape index (κ1) is 18.3. The van der Waals surface area contributed by atoms with Gasteiger partial charge in [-0.3, -0.25) is 9.20 Å². The minimum absolute atomic E-state index is 0.00154. The normalized spacial score (nSPS) is 15.9. The molecule has 9 heteroatoms. The van der Waals surface area contributed by atoms with Crippen LogP contribution in [0.1, 0.15) is 44.1 Å². The van der Waals surface area contributed by atoms with Crippen molar-refractivity contribution in [2.24, 2.45) is 0 Å². The van der Waals surface area contributed by atoms with E-state index < -0.39 is 11.7 Å². The zero-order valence-electron chi connectivity index (χ0n) is 16.2. The molecule has 0 unspecified atom stereocenters. The average molecular weight is 384 g/mol. The first-order valence-electron chi connectivity index (χ1n) is 9.40. The van der Waals surface area contributed by atoms with Gasteiger partial charge in [0.25, 0.3) is 5.91 Å². The van der Waals surface area contributed by atoms with Gasteiger partial charge in [0.2, 0.25) is 0 Å². The second kappa shape index (κ2) is 6.81. The molecule has 0 aliphatic carbocycles. The van der Waals surface area contributed by atoms with Gasteiger partial charge in [0.05, 0.1) is 17.9 Å². The summed E-state index contributed by atoms with van der Waals surface area (Å²) in [6.45, 7) is 6.63. The number of carbonyl (C=O) groups is 2. The number of H-pyrrole nitrogens is 1. The molecule has 0 spiro atoms. The molecule has 2 N–H and O–H groups in total. The van der Waals surface area contributed by atoms with Gasteiger partial charge in [0, 0.05) is 25.3 Å². The number of alkyl carbamates (subject to hydrolysis) is 1. The van der Waals surface area contributed by atoms with Gasteiger partial charge in [-0.25, -0.2) is 14.8 Å². The predicted molar refractivity (Wildman–Crippen MR) is 103 cm³/mol. The highest BCUT2D eigenvalue weighted by atomic mass is 16.6. The van der Waals surface area contributed by atoms with Crippen LogP contribution in [0.15, 0.2) is 24.7 Å². The zero-order valence-corrected chi connectivity index (χ0v) is 16.2. The maximum absolute atomic E-state index is 13.1. The average Bonchev–Trinajstić information content (AvgIpc) is 3.26. The van der Waals surface area contributed by atoms with Crippen molar-refractivity contribution in [3.05, 3.63) is 30.4 Å². The fourth-order valence-corrected chi connectivity index (χ4v) is 3.48. The monoisotopic (exact) mass is 384 g/mol. The lowest BCUT2D eigenvalue weighted by Crippen LogP contribution is -2.47. The van der Waals surface area contributed by atoms with Crippen LogP contribution in [0.2, 0.25) is 0 Å². The topological polar surface area (TPSA) is 105 Å². The second-order valence-corrected chi connectivity index (χ2v) is 8.02. The van der Waals surface area contributed by atoms with Crippen LogP contribution in [0.4, 0.5) is 4.79 Å². The number of amides is 2. The van der Waals surface area contributed by atoms with E-state index in [0.29, 0.717) is 42.9 Å². The standard InChI is InChI=1S/C19H24N6O3/c1-19(2,3)28-18(27)23-12-5-8-24(9-6-12)17(26)14-10-21-15-11-22-16-13(25(14)15)4-7-20-16/h4,7,10-12,20H,5-6,8-9H2,1-3H3,(H,23,27). The highest BCUT2D eigenvalue weighted by Gasteiger charge is 2.28. The van der Waals surface area contributed by atoms with Crippen LogP contribution in [-0.4, -0.2) is 61.0 Å². The number of rotatable bonds is 2. The number of piperidine rings is 1. The summed E-state index contributed by atoms with van der Waals surface area (Å²) in [5.74, 6) is -0.0723. The van der Waals surface area contributed by atoms with Crippen molar-refractivity contribution in [1.82, 2.24) is 29.6 Å². The van der Waals surface area contributed by atoms with E-state index in [9.17, 15) is 9.59 Å². The van der Waals surface area contributed by atoms with E-state index in [1.165, 1.54) is 0 Å². The first-order chi connectivity index (χ1) is 13.3. The third kappa shape index (κ3) is 3.51. The lowest BCUT2D eigenvalue weighted by atomic mass is 10.0. The van der Waals surface area contributed by atoms with E-state index in [4.69, 9.17) is 4.74 Å². The Bertz CT molecular complexity index is 1020. The minimum Gasteiger partial charge on any atom is -0.444 e. The quantitative estimate of drug-likeness (QED) is 0.706. The molecule has 0 atom stereocenters. The summed E-state index contributed by atoms with van der Waals surface area (Å²) in [6, 6.07) is 1.88. The minimum atomic E-state index is -0.526. The number of nitrogens with one attached hydrogen (secondary N) is 2. The van der Waals surface area contributed by atoms with Crippen molar-refractivity contribution in [2.75, 3.05) is 13.1 Å². The molecule has 1 fully saturated rings. The smallest absolute Gasteiger partial charge is 0.407 e. The summed E-state index contributed by atoms with van der Waals surface area (Å²) in [4.78, 5) is 38.5. The molecule has 0 aromatic carbocycles. The highest BCUT2D eigenvalue weighted by molar-refractivity contribution is 5.95. The third-order valence-corrected chi connectivity index (χ3v) is 4.77. The number of fused-ring (bicyclic) bond motifs is 3. The first-order valence-corrected chi connectivity index (χ1v) is 9.40. The number of aromatic amines is 1. The molecule has 3 aromatic rings. The van der Waals surface area contributed by atoms with E-state index in [2.05, 4.69) is 20.3 Å². The number of nitrogens with zero attached hydrogens (tertiary/aromatic N) is 4. The van der Waals surface area contributed by atoms with E-state index in [-0.39, 0.29) is 11.9 Å².